The molecule has 1 atom stereocenters. The van der Waals surface area contributed by atoms with Gasteiger partial charge in [-0.25, -0.2) is 4.79 Å². The first kappa shape index (κ1) is 13.4. The highest BCUT2D eigenvalue weighted by Gasteiger charge is 2.34. The van der Waals surface area contributed by atoms with Crippen LogP contribution >= 0.6 is 0 Å². The molecule has 0 aromatic heterocycles. The van der Waals surface area contributed by atoms with Gasteiger partial charge in [0.2, 0.25) is 0 Å². The monoisotopic (exact) mass is 262 g/mol. The molecule has 19 heavy (non-hydrogen) atoms. The molecule has 1 aliphatic heterocycles. The summed E-state index contributed by atoms with van der Waals surface area (Å²) in [5, 5.41) is 9.10. The first-order valence-corrected chi connectivity index (χ1v) is 6.32. The molecule has 1 aliphatic rings. The number of nitrogens with zero attached hydrogens (tertiary/aromatic N) is 2. The number of likely N-dealkylation sites (tertiary alicyclic amines) is 1. The van der Waals surface area contributed by atoms with Crippen LogP contribution in [0.1, 0.15) is 23.2 Å². The van der Waals surface area contributed by atoms with Gasteiger partial charge in [0.1, 0.15) is 6.04 Å². The second-order valence-electron chi connectivity index (χ2n) is 4.94. The second kappa shape index (κ2) is 5.30. The summed E-state index contributed by atoms with van der Waals surface area (Å²) < 4.78 is 0. The van der Waals surface area contributed by atoms with Crippen molar-refractivity contribution in [2.75, 3.05) is 25.5 Å². The topological polar surface area (TPSA) is 60.9 Å². The lowest BCUT2D eigenvalue weighted by Gasteiger charge is -2.21. The highest BCUT2D eigenvalue weighted by atomic mass is 16.4. The Morgan fingerprint density at radius 3 is 2.42 bits per heavy atom. The molecule has 1 aromatic carbocycles. The van der Waals surface area contributed by atoms with E-state index in [1.165, 1.54) is 4.90 Å². The Balaban J connectivity index is 2.17. The van der Waals surface area contributed by atoms with Crippen molar-refractivity contribution in [2.45, 2.75) is 18.9 Å². The average Bonchev–Trinajstić information content (AvgIpc) is 2.87. The van der Waals surface area contributed by atoms with Crippen LogP contribution in [0.25, 0.3) is 0 Å². The number of carboxylic acid groups (broad SMARTS) is 1. The summed E-state index contributed by atoms with van der Waals surface area (Å²) in [5.74, 6) is -1.12. The van der Waals surface area contributed by atoms with E-state index in [4.69, 9.17) is 5.11 Å². The minimum Gasteiger partial charge on any atom is -0.480 e. The predicted molar refractivity (Wildman–Crippen MR) is 72.5 cm³/mol. The van der Waals surface area contributed by atoms with E-state index in [9.17, 15) is 9.59 Å². The molecule has 0 bridgehead atoms. The van der Waals surface area contributed by atoms with Crippen molar-refractivity contribution >= 4 is 17.6 Å². The van der Waals surface area contributed by atoms with Crippen LogP contribution in [0, 0.1) is 0 Å². The lowest BCUT2D eigenvalue weighted by atomic mass is 10.1. The Morgan fingerprint density at radius 2 is 1.89 bits per heavy atom. The number of carboxylic acids is 1. The van der Waals surface area contributed by atoms with Crippen LogP contribution in [-0.4, -0.2) is 48.6 Å². The van der Waals surface area contributed by atoms with Crippen molar-refractivity contribution in [2.24, 2.45) is 0 Å². The molecule has 5 heteroatoms. The van der Waals surface area contributed by atoms with E-state index >= 15 is 0 Å². The molecule has 0 spiro atoms. The number of anilines is 1. The first-order valence-electron chi connectivity index (χ1n) is 6.32. The van der Waals surface area contributed by atoms with E-state index < -0.39 is 12.0 Å². The summed E-state index contributed by atoms with van der Waals surface area (Å²) in [6.45, 7) is 0.519. The quantitative estimate of drug-likeness (QED) is 0.895. The normalized spacial score (nSPS) is 18.4. The number of carbonyl (C=O) groups is 2. The third-order valence-corrected chi connectivity index (χ3v) is 3.43. The van der Waals surface area contributed by atoms with Gasteiger partial charge >= 0.3 is 5.97 Å². The first-order chi connectivity index (χ1) is 9.00. The number of hydrogen-bond donors (Lipinski definition) is 1. The summed E-state index contributed by atoms with van der Waals surface area (Å²) in [6.07, 6.45) is 1.29. The van der Waals surface area contributed by atoms with Crippen LogP contribution in [-0.2, 0) is 4.79 Å². The maximum atomic E-state index is 12.3. The molecular formula is C14H18N2O3. The molecule has 1 saturated heterocycles. The lowest BCUT2D eigenvalue weighted by molar-refractivity contribution is -0.141. The van der Waals surface area contributed by atoms with Crippen molar-refractivity contribution in [3.05, 3.63) is 29.8 Å². The molecule has 0 saturated carbocycles. The Bertz CT molecular complexity index is 482. The van der Waals surface area contributed by atoms with Crippen molar-refractivity contribution in [3.8, 4) is 0 Å². The molecule has 0 aliphatic carbocycles. The maximum absolute atomic E-state index is 12.3. The summed E-state index contributed by atoms with van der Waals surface area (Å²) >= 11 is 0. The number of amides is 1. The van der Waals surface area contributed by atoms with E-state index in [1.807, 2.05) is 31.1 Å². The van der Waals surface area contributed by atoms with E-state index in [-0.39, 0.29) is 5.91 Å². The molecule has 102 valence electrons. The van der Waals surface area contributed by atoms with Gasteiger partial charge < -0.3 is 14.9 Å². The van der Waals surface area contributed by atoms with E-state index in [0.717, 1.165) is 12.1 Å². The minimum atomic E-state index is -0.921. The highest BCUT2D eigenvalue weighted by molar-refractivity contribution is 5.97. The standard InChI is InChI=1S/C14H18N2O3/c1-15(2)11-7-5-10(6-8-11)13(17)16-9-3-4-12(16)14(18)19/h5-8,12H,3-4,9H2,1-2H3,(H,18,19)/t12-/m0/s1. The smallest absolute Gasteiger partial charge is 0.326 e. The molecule has 1 amide bonds. The van der Waals surface area contributed by atoms with Gasteiger partial charge in [-0.05, 0) is 37.1 Å². The Morgan fingerprint density at radius 1 is 1.26 bits per heavy atom. The van der Waals surface area contributed by atoms with Crippen LogP contribution in [0.4, 0.5) is 5.69 Å². The van der Waals surface area contributed by atoms with Gasteiger partial charge in [0.05, 0.1) is 0 Å². The Labute approximate surface area is 112 Å². The highest BCUT2D eigenvalue weighted by Crippen LogP contribution is 2.21. The van der Waals surface area contributed by atoms with Gasteiger partial charge in [-0.1, -0.05) is 0 Å². The zero-order valence-corrected chi connectivity index (χ0v) is 11.2. The van der Waals surface area contributed by atoms with E-state index in [1.54, 1.807) is 12.1 Å². The third kappa shape index (κ3) is 2.70. The maximum Gasteiger partial charge on any atom is 0.326 e. The summed E-state index contributed by atoms with van der Waals surface area (Å²) in [4.78, 5) is 26.8. The number of hydrogen-bond acceptors (Lipinski definition) is 3. The molecule has 0 unspecified atom stereocenters. The summed E-state index contributed by atoms with van der Waals surface area (Å²) in [6, 6.07) is 6.53. The minimum absolute atomic E-state index is 0.199. The van der Waals surface area contributed by atoms with Crippen LogP contribution in [0.5, 0.6) is 0 Å². The molecule has 0 radical (unpaired) electrons. The van der Waals surface area contributed by atoms with Crippen LogP contribution in [0.2, 0.25) is 0 Å². The second-order valence-corrected chi connectivity index (χ2v) is 4.94. The van der Waals surface area contributed by atoms with Crippen molar-refractivity contribution in [1.82, 2.24) is 4.90 Å². The summed E-state index contributed by atoms with van der Waals surface area (Å²) in [7, 11) is 3.86. The largest absolute Gasteiger partial charge is 0.480 e. The fourth-order valence-electron chi connectivity index (χ4n) is 2.33. The fraction of sp³-hybridized carbons (Fsp3) is 0.429. The van der Waals surface area contributed by atoms with Crippen LogP contribution < -0.4 is 4.90 Å². The van der Waals surface area contributed by atoms with Gasteiger partial charge in [-0.3, -0.25) is 4.79 Å². The molecular weight excluding hydrogens is 244 g/mol. The molecule has 1 aromatic rings. The molecule has 2 rings (SSSR count). The molecule has 1 N–H and O–H groups in total. The van der Waals surface area contributed by atoms with E-state index in [0.29, 0.717) is 18.5 Å². The van der Waals surface area contributed by atoms with Gasteiger partial charge in [0.15, 0.2) is 0 Å². The molecule has 5 nitrogen and oxygen atoms in total. The van der Waals surface area contributed by atoms with Crippen molar-refractivity contribution < 1.29 is 14.7 Å². The number of benzene rings is 1. The van der Waals surface area contributed by atoms with Crippen molar-refractivity contribution in [1.29, 1.82) is 0 Å². The SMILES string of the molecule is CN(C)c1ccc(C(=O)N2CCC[C@H]2C(=O)O)cc1. The molecule has 1 heterocycles. The Hall–Kier alpha value is -2.04. The van der Waals surface area contributed by atoms with Crippen molar-refractivity contribution in [3.63, 3.8) is 0 Å². The zero-order chi connectivity index (χ0) is 14.0. The fourth-order valence-corrected chi connectivity index (χ4v) is 2.33. The lowest BCUT2D eigenvalue weighted by Crippen LogP contribution is -2.40. The number of carbonyl (C=O) groups excluding carboxylic acids is 1. The zero-order valence-electron chi connectivity index (χ0n) is 11.2. The van der Waals surface area contributed by atoms with Gasteiger partial charge in [0.25, 0.3) is 5.91 Å². The van der Waals surface area contributed by atoms with E-state index in [2.05, 4.69) is 0 Å². The van der Waals surface area contributed by atoms with Gasteiger partial charge in [-0.15, -0.1) is 0 Å². The number of rotatable bonds is 3. The van der Waals surface area contributed by atoms with Crippen LogP contribution in [0.3, 0.4) is 0 Å². The predicted octanol–water partition coefficient (Wildman–Crippen LogP) is 1.44. The van der Waals surface area contributed by atoms with Gasteiger partial charge in [0, 0.05) is 31.9 Å². The Kier molecular flexibility index (Phi) is 3.74. The average molecular weight is 262 g/mol. The summed E-state index contributed by atoms with van der Waals surface area (Å²) in [5.41, 5.74) is 1.55. The number of aliphatic carboxylic acids is 1. The van der Waals surface area contributed by atoms with Gasteiger partial charge in [-0.2, -0.15) is 0 Å². The third-order valence-electron chi connectivity index (χ3n) is 3.43. The molecule has 1 fully saturated rings. The van der Waals surface area contributed by atoms with Crippen LogP contribution in [0.15, 0.2) is 24.3 Å².